The maximum absolute atomic E-state index is 12.5. The molecule has 0 heterocycles. The average Bonchev–Trinajstić information content (AvgIpc) is 2.44. The highest BCUT2D eigenvalue weighted by molar-refractivity contribution is 5.81. The van der Waals surface area contributed by atoms with Gasteiger partial charge in [-0.25, -0.2) is 9.59 Å². The second kappa shape index (κ2) is 8.47. The molecule has 0 aromatic heterocycles. The predicted octanol–water partition coefficient (Wildman–Crippen LogP) is 2.81. The molecule has 0 saturated heterocycles. The highest BCUT2D eigenvalue weighted by atomic mass is 16.5. The Morgan fingerprint density at radius 2 is 1.91 bits per heavy atom. The lowest BCUT2D eigenvalue weighted by Gasteiger charge is -2.30. The Labute approximate surface area is 131 Å². The quantitative estimate of drug-likeness (QED) is 0.455. The van der Waals surface area contributed by atoms with Crippen LogP contribution in [0.1, 0.15) is 39.7 Å². The third kappa shape index (κ3) is 5.43. The molecular weight excluding hydrogens is 280 g/mol. The molecule has 1 atom stereocenters. The number of benzene rings is 1. The zero-order chi connectivity index (χ0) is 16.6. The van der Waals surface area contributed by atoms with Crippen LogP contribution < -0.4 is 5.32 Å². The molecule has 0 unspecified atom stereocenters. The Morgan fingerprint density at radius 3 is 2.41 bits per heavy atom. The van der Waals surface area contributed by atoms with Gasteiger partial charge in [-0.1, -0.05) is 44.2 Å². The number of carbonyl (C=O) groups is 1. The molecule has 5 heteroatoms. The SMILES string of the molecule is CC(C)C[C@](N=C=O)(NC(C)C)C(=O)OCc1ccccc1. The minimum Gasteiger partial charge on any atom is -0.458 e. The van der Waals surface area contributed by atoms with E-state index in [0.29, 0.717) is 6.42 Å². The average molecular weight is 304 g/mol. The van der Waals surface area contributed by atoms with Crippen LogP contribution >= 0.6 is 0 Å². The minimum atomic E-state index is -1.38. The van der Waals surface area contributed by atoms with Gasteiger partial charge in [0.05, 0.1) is 0 Å². The number of carbonyl (C=O) groups excluding carboxylic acids is 2. The molecule has 120 valence electrons. The van der Waals surface area contributed by atoms with Crippen LogP contribution in [0.3, 0.4) is 0 Å². The van der Waals surface area contributed by atoms with E-state index in [4.69, 9.17) is 4.74 Å². The van der Waals surface area contributed by atoms with Crippen molar-refractivity contribution in [3.8, 4) is 0 Å². The zero-order valence-electron chi connectivity index (χ0n) is 13.6. The summed E-state index contributed by atoms with van der Waals surface area (Å²) in [5.74, 6) is -0.394. The van der Waals surface area contributed by atoms with E-state index in [9.17, 15) is 9.59 Å². The topological polar surface area (TPSA) is 67.8 Å². The van der Waals surface area contributed by atoms with E-state index < -0.39 is 11.6 Å². The molecule has 0 spiro atoms. The van der Waals surface area contributed by atoms with Crippen molar-refractivity contribution in [1.29, 1.82) is 0 Å². The van der Waals surface area contributed by atoms with E-state index in [-0.39, 0.29) is 18.6 Å². The third-order valence-electron chi connectivity index (χ3n) is 3.02. The van der Waals surface area contributed by atoms with E-state index >= 15 is 0 Å². The summed E-state index contributed by atoms with van der Waals surface area (Å²) in [5.41, 5.74) is -0.493. The number of nitrogens with one attached hydrogen (secondary N) is 1. The molecule has 0 aliphatic rings. The number of hydrogen-bond donors (Lipinski definition) is 1. The van der Waals surface area contributed by atoms with E-state index in [1.165, 1.54) is 6.08 Å². The van der Waals surface area contributed by atoms with E-state index in [0.717, 1.165) is 5.56 Å². The summed E-state index contributed by atoms with van der Waals surface area (Å²) in [6.45, 7) is 7.84. The minimum absolute atomic E-state index is 0.0277. The van der Waals surface area contributed by atoms with Crippen LogP contribution in [-0.2, 0) is 20.9 Å². The summed E-state index contributed by atoms with van der Waals surface area (Å²) in [7, 11) is 0. The molecule has 1 N–H and O–H groups in total. The molecule has 0 bridgehead atoms. The monoisotopic (exact) mass is 304 g/mol. The molecule has 0 aliphatic heterocycles. The maximum Gasteiger partial charge on any atom is 0.350 e. The van der Waals surface area contributed by atoms with Crippen molar-refractivity contribution >= 4 is 12.0 Å². The van der Waals surface area contributed by atoms with Gasteiger partial charge in [0.25, 0.3) is 0 Å². The van der Waals surface area contributed by atoms with Crippen molar-refractivity contribution in [2.24, 2.45) is 10.9 Å². The van der Waals surface area contributed by atoms with Crippen LogP contribution in [0, 0.1) is 5.92 Å². The van der Waals surface area contributed by atoms with Crippen molar-refractivity contribution in [3.05, 3.63) is 35.9 Å². The largest absolute Gasteiger partial charge is 0.458 e. The molecule has 5 nitrogen and oxygen atoms in total. The number of nitrogens with zero attached hydrogens (tertiary/aromatic N) is 1. The lowest BCUT2D eigenvalue weighted by Crippen LogP contribution is -2.54. The number of esters is 1. The Hall–Kier alpha value is -1.97. The summed E-state index contributed by atoms with van der Waals surface area (Å²) in [5, 5.41) is 3.06. The molecular formula is C17H24N2O3. The van der Waals surface area contributed by atoms with Crippen molar-refractivity contribution in [2.45, 2.75) is 52.4 Å². The first kappa shape index (κ1) is 18.1. The number of hydrogen-bond acceptors (Lipinski definition) is 5. The fraction of sp³-hybridized carbons (Fsp3) is 0.529. The van der Waals surface area contributed by atoms with Gasteiger partial charge in [-0.3, -0.25) is 5.32 Å². The van der Waals surface area contributed by atoms with Gasteiger partial charge in [0, 0.05) is 12.5 Å². The Kier molecular flexibility index (Phi) is 6.96. The Bertz CT molecular complexity index is 510. The summed E-state index contributed by atoms with van der Waals surface area (Å²) in [4.78, 5) is 27.1. The van der Waals surface area contributed by atoms with Crippen LogP contribution in [0.15, 0.2) is 35.3 Å². The highest BCUT2D eigenvalue weighted by Crippen LogP contribution is 2.22. The lowest BCUT2D eigenvalue weighted by molar-refractivity contribution is -0.154. The number of rotatable bonds is 8. The predicted molar refractivity (Wildman–Crippen MR) is 84.8 cm³/mol. The molecule has 0 aliphatic carbocycles. The van der Waals surface area contributed by atoms with Crippen molar-refractivity contribution in [2.75, 3.05) is 0 Å². The summed E-state index contributed by atoms with van der Waals surface area (Å²) in [6.07, 6.45) is 1.88. The molecule has 0 radical (unpaired) electrons. The molecule has 1 aromatic rings. The second-order valence-corrected chi connectivity index (χ2v) is 6.02. The first-order valence-corrected chi connectivity index (χ1v) is 7.47. The Balaban J connectivity index is 2.92. The first-order chi connectivity index (χ1) is 10.4. The van der Waals surface area contributed by atoms with E-state index in [1.54, 1.807) is 0 Å². The molecule has 1 aromatic carbocycles. The van der Waals surface area contributed by atoms with Gasteiger partial charge in [-0.15, -0.1) is 0 Å². The molecule has 22 heavy (non-hydrogen) atoms. The van der Waals surface area contributed by atoms with Gasteiger partial charge in [0.1, 0.15) is 6.61 Å². The second-order valence-electron chi connectivity index (χ2n) is 6.02. The molecule has 0 amide bonds. The molecule has 1 rings (SSSR count). The van der Waals surface area contributed by atoms with Gasteiger partial charge in [0.2, 0.25) is 11.7 Å². The van der Waals surface area contributed by atoms with Gasteiger partial charge in [0.15, 0.2) is 0 Å². The summed E-state index contributed by atoms with van der Waals surface area (Å²) >= 11 is 0. The molecule has 0 fully saturated rings. The standard InChI is InChI=1S/C17H24N2O3/c1-13(2)10-17(18-12-20,19-14(3)4)16(21)22-11-15-8-6-5-7-9-15/h5-9,13-14,19H,10-11H2,1-4H3/t17-/m0/s1. The van der Waals surface area contributed by atoms with Crippen LogP contribution in [0.25, 0.3) is 0 Å². The number of isocyanates is 1. The lowest BCUT2D eigenvalue weighted by atomic mass is 9.96. The van der Waals surface area contributed by atoms with E-state index in [2.05, 4.69) is 10.3 Å². The number of ether oxygens (including phenoxy) is 1. The first-order valence-electron chi connectivity index (χ1n) is 7.47. The molecule has 0 saturated carbocycles. The van der Waals surface area contributed by atoms with Crippen molar-refractivity contribution in [3.63, 3.8) is 0 Å². The van der Waals surface area contributed by atoms with E-state index in [1.807, 2.05) is 58.0 Å². The zero-order valence-corrected chi connectivity index (χ0v) is 13.6. The fourth-order valence-corrected chi connectivity index (χ4v) is 2.31. The van der Waals surface area contributed by atoms with Crippen LogP contribution in [-0.4, -0.2) is 23.8 Å². The number of aliphatic imine (C=N–C) groups is 1. The fourth-order valence-electron chi connectivity index (χ4n) is 2.31. The van der Waals surface area contributed by atoms with Crippen LogP contribution in [0.5, 0.6) is 0 Å². The summed E-state index contributed by atoms with van der Waals surface area (Å²) < 4.78 is 5.37. The van der Waals surface area contributed by atoms with Crippen LogP contribution in [0.4, 0.5) is 0 Å². The van der Waals surface area contributed by atoms with Crippen molar-refractivity contribution < 1.29 is 14.3 Å². The van der Waals surface area contributed by atoms with Gasteiger partial charge in [-0.2, -0.15) is 4.99 Å². The third-order valence-corrected chi connectivity index (χ3v) is 3.02. The highest BCUT2D eigenvalue weighted by Gasteiger charge is 2.41. The van der Waals surface area contributed by atoms with Crippen molar-refractivity contribution in [1.82, 2.24) is 5.32 Å². The summed E-state index contributed by atoms with van der Waals surface area (Å²) in [6, 6.07) is 9.36. The van der Waals surface area contributed by atoms with Gasteiger partial charge >= 0.3 is 5.97 Å². The normalized spacial score (nSPS) is 13.5. The van der Waals surface area contributed by atoms with Gasteiger partial charge < -0.3 is 4.74 Å². The Morgan fingerprint density at radius 1 is 1.27 bits per heavy atom. The smallest absolute Gasteiger partial charge is 0.350 e. The van der Waals surface area contributed by atoms with Crippen LogP contribution in [0.2, 0.25) is 0 Å². The maximum atomic E-state index is 12.5. The van der Waals surface area contributed by atoms with Gasteiger partial charge in [-0.05, 0) is 25.3 Å².